The van der Waals surface area contributed by atoms with Gasteiger partial charge in [-0.15, -0.1) is 0 Å². The molecule has 0 radical (unpaired) electrons. The van der Waals surface area contributed by atoms with Gasteiger partial charge in [0.25, 0.3) is 0 Å². The second kappa shape index (κ2) is 2.86. The Balaban J connectivity index is 2.48. The molecule has 56 valence electrons. The van der Waals surface area contributed by atoms with E-state index in [9.17, 15) is 4.79 Å². The number of allylic oxidation sites excluding steroid dienone is 1. The highest BCUT2D eigenvalue weighted by molar-refractivity contribution is 5.94. The molecular formula is C8H13NO. The van der Waals surface area contributed by atoms with Crippen LogP contribution in [0.2, 0.25) is 0 Å². The summed E-state index contributed by atoms with van der Waals surface area (Å²) >= 11 is 0. The number of amides is 1. The van der Waals surface area contributed by atoms with E-state index < -0.39 is 0 Å². The summed E-state index contributed by atoms with van der Waals surface area (Å²) in [7, 11) is 1.83. The summed E-state index contributed by atoms with van der Waals surface area (Å²) in [6, 6.07) is 0. The van der Waals surface area contributed by atoms with Gasteiger partial charge in [0, 0.05) is 19.2 Å². The van der Waals surface area contributed by atoms with Gasteiger partial charge in [-0.1, -0.05) is 6.08 Å². The highest BCUT2D eigenvalue weighted by Gasteiger charge is 2.16. The summed E-state index contributed by atoms with van der Waals surface area (Å²) in [6.07, 6.45) is 4.07. The number of likely N-dealkylation sites (N-methyl/N-ethyl adjacent to an activating group) is 1. The Labute approximate surface area is 61.5 Å². The molecule has 0 heterocycles. The fourth-order valence-corrected chi connectivity index (χ4v) is 0.872. The zero-order chi connectivity index (χ0) is 7.56. The lowest BCUT2D eigenvalue weighted by molar-refractivity contribution is -0.126. The van der Waals surface area contributed by atoms with Gasteiger partial charge in [0.05, 0.1) is 0 Å². The van der Waals surface area contributed by atoms with Crippen molar-refractivity contribution in [2.45, 2.75) is 19.8 Å². The zero-order valence-electron chi connectivity index (χ0n) is 6.55. The largest absolute Gasteiger partial charge is 0.342 e. The SMILES string of the molecule is CCN(C)C(=O)C1=CCC1. The van der Waals surface area contributed by atoms with E-state index in [4.69, 9.17) is 0 Å². The number of hydrogen-bond donors (Lipinski definition) is 0. The van der Waals surface area contributed by atoms with Crippen molar-refractivity contribution in [3.05, 3.63) is 11.6 Å². The third-order valence-electron chi connectivity index (χ3n) is 1.90. The number of rotatable bonds is 2. The Kier molecular flexibility index (Phi) is 2.10. The highest BCUT2D eigenvalue weighted by atomic mass is 16.2. The summed E-state index contributed by atoms with van der Waals surface area (Å²) in [5, 5.41) is 0. The van der Waals surface area contributed by atoms with Crippen molar-refractivity contribution in [2.24, 2.45) is 0 Å². The summed E-state index contributed by atoms with van der Waals surface area (Å²) in [5.74, 6) is 0.203. The predicted molar refractivity (Wildman–Crippen MR) is 40.6 cm³/mol. The van der Waals surface area contributed by atoms with Gasteiger partial charge in [-0.3, -0.25) is 4.79 Å². The topological polar surface area (TPSA) is 20.3 Å². The van der Waals surface area contributed by atoms with Gasteiger partial charge >= 0.3 is 0 Å². The molecule has 0 N–H and O–H groups in total. The second-order valence-electron chi connectivity index (χ2n) is 2.59. The number of carbonyl (C=O) groups excluding carboxylic acids is 1. The molecule has 0 aromatic heterocycles. The standard InChI is InChI=1S/C8H13NO/c1-3-9(2)8(10)7-5-4-6-7/h5H,3-4,6H2,1-2H3. The molecule has 10 heavy (non-hydrogen) atoms. The maximum atomic E-state index is 11.2. The van der Waals surface area contributed by atoms with Crippen molar-refractivity contribution in [1.82, 2.24) is 4.90 Å². The molecule has 0 saturated carbocycles. The van der Waals surface area contributed by atoms with Gasteiger partial charge in [-0.25, -0.2) is 0 Å². The maximum absolute atomic E-state index is 11.2. The van der Waals surface area contributed by atoms with E-state index in [0.717, 1.165) is 25.0 Å². The molecule has 0 fully saturated rings. The van der Waals surface area contributed by atoms with Gasteiger partial charge in [0.15, 0.2) is 0 Å². The number of hydrogen-bond acceptors (Lipinski definition) is 1. The summed E-state index contributed by atoms with van der Waals surface area (Å²) in [5.41, 5.74) is 0.990. The maximum Gasteiger partial charge on any atom is 0.249 e. The van der Waals surface area contributed by atoms with Crippen LogP contribution in [0.1, 0.15) is 19.8 Å². The van der Waals surface area contributed by atoms with E-state index in [0.29, 0.717) is 0 Å². The van der Waals surface area contributed by atoms with Gasteiger partial charge in [-0.2, -0.15) is 0 Å². The first-order valence-corrected chi connectivity index (χ1v) is 3.70. The van der Waals surface area contributed by atoms with Gasteiger partial charge in [0.2, 0.25) is 5.91 Å². The van der Waals surface area contributed by atoms with E-state index in [-0.39, 0.29) is 5.91 Å². The van der Waals surface area contributed by atoms with Crippen LogP contribution >= 0.6 is 0 Å². The molecule has 1 aliphatic carbocycles. The van der Waals surface area contributed by atoms with Crippen LogP contribution in [0.4, 0.5) is 0 Å². The molecule has 0 unspecified atom stereocenters. The fourth-order valence-electron chi connectivity index (χ4n) is 0.872. The Morgan fingerprint density at radius 3 is 2.70 bits per heavy atom. The number of carbonyl (C=O) groups is 1. The normalized spacial score (nSPS) is 15.6. The van der Waals surface area contributed by atoms with Gasteiger partial charge < -0.3 is 4.90 Å². The van der Waals surface area contributed by atoms with Crippen molar-refractivity contribution in [3.63, 3.8) is 0 Å². The molecule has 0 aromatic carbocycles. The first-order chi connectivity index (χ1) is 4.75. The van der Waals surface area contributed by atoms with Gasteiger partial charge in [-0.05, 0) is 19.8 Å². The molecule has 0 saturated heterocycles. The second-order valence-corrected chi connectivity index (χ2v) is 2.59. The van der Waals surface area contributed by atoms with Crippen LogP contribution in [-0.2, 0) is 4.79 Å². The summed E-state index contributed by atoms with van der Waals surface area (Å²) in [6.45, 7) is 2.79. The van der Waals surface area contributed by atoms with Gasteiger partial charge in [0.1, 0.15) is 0 Å². The van der Waals surface area contributed by atoms with Crippen LogP contribution in [-0.4, -0.2) is 24.4 Å². The lowest BCUT2D eigenvalue weighted by atomic mass is 9.98. The molecule has 1 rings (SSSR count). The molecule has 2 heteroatoms. The average Bonchev–Trinajstić information content (AvgIpc) is 1.82. The van der Waals surface area contributed by atoms with E-state index in [2.05, 4.69) is 0 Å². The van der Waals surface area contributed by atoms with E-state index in [1.807, 2.05) is 20.0 Å². The van der Waals surface area contributed by atoms with Crippen LogP contribution in [0, 0.1) is 0 Å². The summed E-state index contributed by atoms with van der Waals surface area (Å²) in [4.78, 5) is 13.0. The quantitative estimate of drug-likeness (QED) is 0.562. The third kappa shape index (κ3) is 1.20. The molecule has 0 spiro atoms. The van der Waals surface area contributed by atoms with Crippen molar-refractivity contribution in [3.8, 4) is 0 Å². The summed E-state index contributed by atoms with van der Waals surface area (Å²) < 4.78 is 0. The van der Waals surface area contributed by atoms with Crippen molar-refractivity contribution in [1.29, 1.82) is 0 Å². The van der Waals surface area contributed by atoms with Crippen LogP contribution < -0.4 is 0 Å². The highest BCUT2D eigenvalue weighted by Crippen LogP contribution is 2.19. The molecule has 0 aromatic rings. The first-order valence-electron chi connectivity index (χ1n) is 3.70. The van der Waals surface area contributed by atoms with Crippen LogP contribution in [0.5, 0.6) is 0 Å². The Morgan fingerprint density at radius 1 is 1.80 bits per heavy atom. The molecule has 0 atom stereocenters. The minimum absolute atomic E-state index is 0.203. The fraction of sp³-hybridized carbons (Fsp3) is 0.625. The molecule has 1 amide bonds. The minimum atomic E-state index is 0.203. The molecular weight excluding hydrogens is 126 g/mol. The lowest BCUT2D eigenvalue weighted by Gasteiger charge is -2.20. The van der Waals surface area contributed by atoms with E-state index >= 15 is 0 Å². The van der Waals surface area contributed by atoms with Crippen LogP contribution in [0.15, 0.2) is 11.6 Å². The molecule has 0 bridgehead atoms. The third-order valence-corrected chi connectivity index (χ3v) is 1.90. The van der Waals surface area contributed by atoms with Crippen LogP contribution in [0.3, 0.4) is 0 Å². The Bertz CT molecular complexity index is 172. The minimum Gasteiger partial charge on any atom is -0.342 e. The lowest BCUT2D eigenvalue weighted by Crippen LogP contribution is -2.29. The van der Waals surface area contributed by atoms with Crippen LogP contribution in [0.25, 0.3) is 0 Å². The number of nitrogens with zero attached hydrogens (tertiary/aromatic N) is 1. The van der Waals surface area contributed by atoms with E-state index in [1.165, 1.54) is 0 Å². The Hall–Kier alpha value is -0.790. The smallest absolute Gasteiger partial charge is 0.249 e. The molecule has 1 aliphatic rings. The predicted octanol–water partition coefficient (Wildman–Crippen LogP) is 1.18. The van der Waals surface area contributed by atoms with E-state index in [1.54, 1.807) is 4.90 Å². The monoisotopic (exact) mass is 139 g/mol. The molecule has 0 aliphatic heterocycles. The molecule has 2 nitrogen and oxygen atoms in total. The average molecular weight is 139 g/mol. The van der Waals surface area contributed by atoms with Crippen molar-refractivity contribution < 1.29 is 4.79 Å². The van der Waals surface area contributed by atoms with Crippen molar-refractivity contribution >= 4 is 5.91 Å². The zero-order valence-corrected chi connectivity index (χ0v) is 6.55. The Morgan fingerprint density at radius 2 is 2.40 bits per heavy atom. The first kappa shape index (κ1) is 7.32. The van der Waals surface area contributed by atoms with Crippen molar-refractivity contribution in [2.75, 3.05) is 13.6 Å².